The Morgan fingerprint density at radius 2 is 2.00 bits per heavy atom. The van der Waals surface area contributed by atoms with Gasteiger partial charge in [-0.05, 0) is 12.8 Å². The lowest BCUT2D eigenvalue weighted by molar-refractivity contribution is -0.141. The summed E-state index contributed by atoms with van der Waals surface area (Å²) < 4.78 is 38.4. The largest absolute Gasteiger partial charge is 0.433 e. The number of nitrogens with two attached hydrogens (primary N) is 1. The van der Waals surface area contributed by atoms with Crippen LogP contribution in [0.3, 0.4) is 0 Å². The molecule has 0 fully saturated rings. The first-order chi connectivity index (χ1) is 9.65. The fraction of sp³-hybridized carbons (Fsp3) is 0.583. The molecule has 0 aliphatic rings. The molecule has 0 spiro atoms. The highest BCUT2D eigenvalue weighted by Crippen LogP contribution is 2.30. The van der Waals surface area contributed by atoms with Crippen LogP contribution in [-0.4, -0.2) is 28.5 Å². The average molecular weight is 305 g/mol. The second kappa shape index (κ2) is 6.59. The van der Waals surface area contributed by atoms with Gasteiger partial charge in [0.05, 0.1) is 0 Å². The molecule has 1 amide bonds. The third-order valence-corrected chi connectivity index (χ3v) is 2.63. The molecule has 0 aliphatic carbocycles. The number of halogens is 3. The van der Waals surface area contributed by atoms with Gasteiger partial charge in [-0.25, -0.2) is 4.98 Å². The van der Waals surface area contributed by atoms with Crippen LogP contribution in [0.15, 0.2) is 6.07 Å². The maximum absolute atomic E-state index is 12.8. The minimum atomic E-state index is -4.61. The normalized spacial score (nSPS) is 13.1. The van der Waals surface area contributed by atoms with Crippen LogP contribution >= 0.6 is 0 Å². The van der Waals surface area contributed by atoms with Crippen LogP contribution in [0.4, 0.5) is 24.9 Å². The van der Waals surface area contributed by atoms with E-state index in [4.69, 9.17) is 5.73 Å². The number of carbonyl (C=O) groups is 1. The van der Waals surface area contributed by atoms with E-state index in [1.54, 1.807) is 20.8 Å². The van der Waals surface area contributed by atoms with Gasteiger partial charge in [0.1, 0.15) is 11.9 Å². The standard InChI is InChI=1S/C12H18F3N5O/c1-4-17-11-18-7(12(13,14)15)5-8(20-11)19-9(6(2)3)10(16)21/h5-6,9H,4H2,1-3H3,(H2,16,21)(H2,17,18,19,20). The lowest BCUT2D eigenvalue weighted by Gasteiger charge is -2.20. The number of nitrogens with zero attached hydrogens (tertiary/aromatic N) is 2. The Morgan fingerprint density at radius 3 is 2.43 bits per heavy atom. The molecule has 1 atom stereocenters. The van der Waals surface area contributed by atoms with Crippen LogP contribution in [0.2, 0.25) is 0 Å². The molecule has 0 saturated heterocycles. The molecule has 1 aromatic heterocycles. The summed E-state index contributed by atoms with van der Waals surface area (Å²) in [4.78, 5) is 18.6. The zero-order chi connectivity index (χ0) is 16.2. The van der Waals surface area contributed by atoms with Gasteiger partial charge in [-0.1, -0.05) is 13.8 Å². The zero-order valence-electron chi connectivity index (χ0n) is 12.0. The second-order valence-corrected chi connectivity index (χ2v) is 4.76. The average Bonchev–Trinajstić information content (AvgIpc) is 2.34. The van der Waals surface area contributed by atoms with Crippen molar-refractivity contribution >= 4 is 17.7 Å². The van der Waals surface area contributed by atoms with Crippen LogP contribution in [0.5, 0.6) is 0 Å². The van der Waals surface area contributed by atoms with E-state index >= 15 is 0 Å². The summed E-state index contributed by atoms with van der Waals surface area (Å²) in [6.07, 6.45) is -4.61. The number of anilines is 2. The van der Waals surface area contributed by atoms with Gasteiger partial charge in [-0.15, -0.1) is 0 Å². The Bertz CT molecular complexity index is 504. The number of hydrogen-bond acceptors (Lipinski definition) is 5. The van der Waals surface area contributed by atoms with Crippen LogP contribution < -0.4 is 16.4 Å². The van der Waals surface area contributed by atoms with Gasteiger partial charge in [0, 0.05) is 12.6 Å². The van der Waals surface area contributed by atoms with Crippen LogP contribution in [0, 0.1) is 5.92 Å². The van der Waals surface area contributed by atoms with E-state index in [0.29, 0.717) is 6.54 Å². The van der Waals surface area contributed by atoms with E-state index in [2.05, 4.69) is 20.6 Å². The third kappa shape index (κ3) is 4.76. The van der Waals surface area contributed by atoms with Crippen molar-refractivity contribution in [3.8, 4) is 0 Å². The molecule has 1 unspecified atom stereocenters. The van der Waals surface area contributed by atoms with Gasteiger partial charge in [0.15, 0.2) is 5.69 Å². The highest BCUT2D eigenvalue weighted by atomic mass is 19.4. The van der Waals surface area contributed by atoms with Crippen molar-refractivity contribution in [2.24, 2.45) is 11.7 Å². The first-order valence-corrected chi connectivity index (χ1v) is 6.41. The Labute approximate surface area is 120 Å². The maximum Gasteiger partial charge on any atom is 0.433 e. The van der Waals surface area contributed by atoms with Crippen LogP contribution in [0.1, 0.15) is 26.5 Å². The van der Waals surface area contributed by atoms with E-state index in [-0.39, 0.29) is 17.7 Å². The van der Waals surface area contributed by atoms with Crippen LogP contribution in [0.25, 0.3) is 0 Å². The summed E-state index contributed by atoms with van der Waals surface area (Å²) in [6, 6.07) is -0.0745. The van der Waals surface area contributed by atoms with Gasteiger partial charge in [-0.3, -0.25) is 4.79 Å². The van der Waals surface area contributed by atoms with Gasteiger partial charge >= 0.3 is 6.18 Å². The molecule has 21 heavy (non-hydrogen) atoms. The summed E-state index contributed by atoms with van der Waals surface area (Å²) in [7, 11) is 0. The fourth-order valence-corrected chi connectivity index (χ4v) is 1.63. The first kappa shape index (κ1) is 17.0. The Hall–Kier alpha value is -2.06. The molecule has 0 bridgehead atoms. The smallest absolute Gasteiger partial charge is 0.368 e. The second-order valence-electron chi connectivity index (χ2n) is 4.76. The van der Waals surface area contributed by atoms with Crippen molar-refractivity contribution in [2.45, 2.75) is 33.0 Å². The van der Waals surface area contributed by atoms with Gasteiger partial charge in [0.2, 0.25) is 11.9 Å². The van der Waals surface area contributed by atoms with Crippen molar-refractivity contribution in [3.05, 3.63) is 11.8 Å². The highest BCUT2D eigenvalue weighted by molar-refractivity contribution is 5.83. The molecule has 0 saturated carbocycles. The Kier molecular flexibility index (Phi) is 5.34. The molecular weight excluding hydrogens is 287 g/mol. The van der Waals surface area contributed by atoms with Crippen molar-refractivity contribution < 1.29 is 18.0 Å². The highest BCUT2D eigenvalue weighted by Gasteiger charge is 2.34. The number of rotatable bonds is 6. The molecule has 4 N–H and O–H groups in total. The number of aromatic nitrogens is 2. The third-order valence-electron chi connectivity index (χ3n) is 2.63. The number of alkyl halides is 3. The zero-order valence-corrected chi connectivity index (χ0v) is 12.0. The number of hydrogen-bond donors (Lipinski definition) is 3. The molecular formula is C12H18F3N5O. The topological polar surface area (TPSA) is 92.9 Å². The maximum atomic E-state index is 12.8. The van der Waals surface area contributed by atoms with Gasteiger partial charge < -0.3 is 16.4 Å². The predicted octanol–water partition coefficient (Wildman–Crippen LogP) is 1.85. The minimum Gasteiger partial charge on any atom is -0.368 e. The van der Waals surface area contributed by atoms with E-state index < -0.39 is 23.8 Å². The van der Waals surface area contributed by atoms with Crippen LogP contribution in [-0.2, 0) is 11.0 Å². The molecule has 1 aromatic rings. The molecule has 6 nitrogen and oxygen atoms in total. The molecule has 0 aromatic carbocycles. The van der Waals surface area contributed by atoms with Gasteiger partial charge in [-0.2, -0.15) is 18.2 Å². The Morgan fingerprint density at radius 1 is 1.38 bits per heavy atom. The molecule has 118 valence electrons. The molecule has 1 rings (SSSR count). The SMILES string of the molecule is CCNc1nc(NC(C(N)=O)C(C)C)cc(C(F)(F)F)n1. The lowest BCUT2D eigenvalue weighted by atomic mass is 10.0. The molecule has 1 heterocycles. The van der Waals surface area contributed by atoms with Crippen molar-refractivity contribution in [2.75, 3.05) is 17.2 Å². The monoisotopic (exact) mass is 305 g/mol. The minimum absolute atomic E-state index is 0.106. The van der Waals surface area contributed by atoms with Crippen molar-refractivity contribution in [1.29, 1.82) is 0 Å². The van der Waals surface area contributed by atoms with Crippen molar-refractivity contribution in [1.82, 2.24) is 9.97 Å². The summed E-state index contributed by atoms with van der Waals surface area (Å²) in [5.41, 5.74) is 4.13. The number of carbonyl (C=O) groups excluding carboxylic acids is 1. The van der Waals surface area contributed by atoms with E-state index in [9.17, 15) is 18.0 Å². The quantitative estimate of drug-likeness (QED) is 0.746. The first-order valence-electron chi connectivity index (χ1n) is 6.41. The molecule has 0 radical (unpaired) electrons. The summed E-state index contributed by atoms with van der Waals surface area (Å²) in [6.45, 7) is 5.51. The molecule has 0 aliphatic heterocycles. The summed E-state index contributed by atoms with van der Waals surface area (Å²) >= 11 is 0. The van der Waals surface area contributed by atoms with E-state index in [1.165, 1.54) is 0 Å². The summed E-state index contributed by atoms with van der Waals surface area (Å²) in [5.74, 6) is -1.14. The number of nitrogens with one attached hydrogen (secondary N) is 2. The van der Waals surface area contributed by atoms with E-state index in [1.807, 2.05) is 0 Å². The Balaban J connectivity index is 3.16. The number of primary amides is 1. The van der Waals surface area contributed by atoms with Gasteiger partial charge in [0.25, 0.3) is 0 Å². The predicted molar refractivity (Wildman–Crippen MR) is 72.6 cm³/mol. The van der Waals surface area contributed by atoms with Crippen molar-refractivity contribution in [3.63, 3.8) is 0 Å². The number of amides is 1. The summed E-state index contributed by atoms with van der Waals surface area (Å²) in [5, 5.41) is 5.24. The fourth-order valence-electron chi connectivity index (χ4n) is 1.63. The molecule has 9 heteroatoms. The van der Waals surface area contributed by atoms with E-state index in [0.717, 1.165) is 6.07 Å². The lowest BCUT2D eigenvalue weighted by Crippen LogP contribution is -2.39.